The molecule has 1 heterocycles. The van der Waals surface area contributed by atoms with Crippen LogP contribution in [0.1, 0.15) is 12.8 Å². The number of nitrogens with two attached hydrogens (primary N) is 1. The van der Waals surface area contributed by atoms with Crippen LogP contribution in [-0.4, -0.2) is 23.6 Å². The molecule has 2 rings (SSSR count). The third kappa shape index (κ3) is 1.90. The second kappa shape index (κ2) is 3.61. The lowest BCUT2D eigenvalue weighted by molar-refractivity contribution is 0.776. The standard InChI is InChI=1S/C9H13ClN4/c1-14(4-6-2-3-6)9-7(11)8(10)12-5-13-9/h5-6H,2-4,11H2,1H3. The molecule has 1 saturated carbocycles. The van der Waals surface area contributed by atoms with Crippen LogP contribution in [0.4, 0.5) is 11.5 Å². The van der Waals surface area contributed by atoms with Crippen molar-refractivity contribution in [1.29, 1.82) is 0 Å². The van der Waals surface area contributed by atoms with Gasteiger partial charge in [0, 0.05) is 13.6 Å². The number of nitrogen functional groups attached to an aromatic ring is 1. The van der Waals surface area contributed by atoms with E-state index < -0.39 is 0 Å². The molecule has 0 aliphatic heterocycles. The summed E-state index contributed by atoms with van der Waals surface area (Å²) in [6, 6.07) is 0. The molecule has 1 fully saturated rings. The largest absolute Gasteiger partial charge is 0.393 e. The predicted molar refractivity (Wildman–Crippen MR) is 57.4 cm³/mol. The van der Waals surface area contributed by atoms with Crippen molar-refractivity contribution in [2.45, 2.75) is 12.8 Å². The molecule has 0 bridgehead atoms. The number of rotatable bonds is 3. The average molecular weight is 213 g/mol. The average Bonchev–Trinajstić information content (AvgIpc) is 2.93. The Morgan fingerprint density at radius 3 is 2.93 bits per heavy atom. The van der Waals surface area contributed by atoms with E-state index >= 15 is 0 Å². The monoisotopic (exact) mass is 212 g/mol. The fourth-order valence-electron chi connectivity index (χ4n) is 1.44. The van der Waals surface area contributed by atoms with Gasteiger partial charge in [-0.15, -0.1) is 0 Å². The summed E-state index contributed by atoms with van der Waals surface area (Å²) in [5, 5.41) is 0.331. The molecule has 0 aromatic carbocycles. The molecule has 2 N–H and O–H groups in total. The maximum Gasteiger partial charge on any atom is 0.157 e. The number of halogens is 1. The van der Waals surface area contributed by atoms with Crippen LogP contribution in [0.15, 0.2) is 6.33 Å². The molecule has 76 valence electrons. The van der Waals surface area contributed by atoms with E-state index in [2.05, 4.69) is 9.97 Å². The number of nitrogens with zero attached hydrogens (tertiary/aromatic N) is 3. The van der Waals surface area contributed by atoms with Gasteiger partial charge in [-0.3, -0.25) is 0 Å². The molecule has 1 aliphatic carbocycles. The van der Waals surface area contributed by atoms with Gasteiger partial charge in [0.1, 0.15) is 12.0 Å². The first kappa shape index (κ1) is 9.52. The SMILES string of the molecule is CN(CC1CC1)c1ncnc(Cl)c1N. The molecule has 1 aromatic heterocycles. The summed E-state index contributed by atoms with van der Waals surface area (Å²) in [7, 11) is 1.98. The summed E-state index contributed by atoms with van der Waals surface area (Å²) in [5.41, 5.74) is 6.25. The minimum Gasteiger partial charge on any atom is -0.393 e. The number of anilines is 2. The van der Waals surface area contributed by atoms with Gasteiger partial charge in [-0.05, 0) is 18.8 Å². The van der Waals surface area contributed by atoms with E-state index in [-0.39, 0.29) is 0 Å². The molecule has 4 nitrogen and oxygen atoms in total. The van der Waals surface area contributed by atoms with Gasteiger partial charge in [0.05, 0.1) is 0 Å². The Hall–Kier alpha value is -1.03. The van der Waals surface area contributed by atoms with E-state index in [4.69, 9.17) is 17.3 Å². The molecular formula is C9H13ClN4. The molecule has 1 aliphatic rings. The van der Waals surface area contributed by atoms with Crippen LogP contribution in [0.5, 0.6) is 0 Å². The minimum atomic E-state index is 0.331. The van der Waals surface area contributed by atoms with Crippen LogP contribution in [0, 0.1) is 5.92 Å². The van der Waals surface area contributed by atoms with E-state index in [0.717, 1.165) is 18.3 Å². The van der Waals surface area contributed by atoms with Crippen LogP contribution < -0.4 is 10.6 Å². The van der Waals surface area contributed by atoms with E-state index in [1.807, 2.05) is 11.9 Å². The van der Waals surface area contributed by atoms with Gasteiger partial charge < -0.3 is 10.6 Å². The molecule has 0 spiro atoms. The van der Waals surface area contributed by atoms with Gasteiger partial charge in [0.15, 0.2) is 11.0 Å². The lowest BCUT2D eigenvalue weighted by Crippen LogP contribution is -2.22. The molecule has 5 heteroatoms. The van der Waals surface area contributed by atoms with Crippen LogP contribution in [0.3, 0.4) is 0 Å². The first-order chi connectivity index (χ1) is 6.68. The van der Waals surface area contributed by atoms with E-state index in [9.17, 15) is 0 Å². The van der Waals surface area contributed by atoms with E-state index in [1.54, 1.807) is 0 Å². The van der Waals surface area contributed by atoms with Crippen molar-refractivity contribution in [1.82, 2.24) is 9.97 Å². The molecule has 0 atom stereocenters. The van der Waals surface area contributed by atoms with Crippen molar-refractivity contribution in [3.63, 3.8) is 0 Å². The van der Waals surface area contributed by atoms with Crippen molar-refractivity contribution in [2.75, 3.05) is 24.2 Å². The number of hydrogen-bond donors (Lipinski definition) is 1. The van der Waals surface area contributed by atoms with Crippen molar-refractivity contribution < 1.29 is 0 Å². The molecule has 14 heavy (non-hydrogen) atoms. The Labute approximate surface area is 88.1 Å². The van der Waals surface area contributed by atoms with E-state index in [0.29, 0.717) is 10.8 Å². The normalized spacial score (nSPS) is 15.6. The highest BCUT2D eigenvalue weighted by Gasteiger charge is 2.24. The topological polar surface area (TPSA) is 55.0 Å². The fraction of sp³-hybridized carbons (Fsp3) is 0.556. The summed E-state index contributed by atoms with van der Waals surface area (Å²) in [6.45, 7) is 0.998. The lowest BCUT2D eigenvalue weighted by Gasteiger charge is -2.19. The first-order valence-electron chi connectivity index (χ1n) is 4.65. The molecule has 0 saturated heterocycles. The van der Waals surface area contributed by atoms with Gasteiger partial charge in [-0.2, -0.15) is 0 Å². The zero-order chi connectivity index (χ0) is 10.1. The summed E-state index contributed by atoms with van der Waals surface area (Å²) >= 11 is 5.81. The van der Waals surface area contributed by atoms with Crippen molar-refractivity contribution in [3.05, 3.63) is 11.5 Å². The third-order valence-electron chi connectivity index (χ3n) is 2.40. The predicted octanol–water partition coefficient (Wildman–Crippen LogP) is 1.56. The lowest BCUT2D eigenvalue weighted by atomic mass is 10.3. The van der Waals surface area contributed by atoms with Crippen LogP contribution in [0.2, 0.25) is 5.15 Å². The summed E-state index contributed by atoms with van der Waals surface area (Å²) < 4.78 is 0. The number of aromatic nitrogens is 2. The molecule has 0 radical (unpaired) electrons. The molecule has 0 unspecified atom stereocenters. The highest BCUT2D eigenvalue weighted by molar-refractivity contribution is 6.32. The Morgan fingerprint density at radius 2 is 2.29 bits per heavy atom. The van der Waals surface area contributed by atoms with E-state index in [1.165, 1.54) is 19.2 Å². The Kier molecular flexibility index (Phi) is 2.46. The minimum absolute atomic E-state index is 0.331. The third-order valence-corrected chi connectivity index (χ3v) is 2.71. The van der Waals surface area contributed by atoms with Crippen LogP contribution >= 0.6 is 11.6 Å². The molecule has 0 amide bonds. The first-order valence-corrected chi connectivity index (χ1v) is 5.03. The van der Waals surface area contributed by atoms with Gasteiger partial charge in [-0.25, -0.2) is 9.97 Å². The van der Waals surface area contributed by atoms with Crippen molar-refractivity contribution >= 4 is 23.1 Å². The Morgan fingerprint density at radius 1 is 1.57 bits per heavy atom. The van der Waals surface area contributed by atoms with Crippen molar-refractivity contribution in [3.8, 4) is 0 Å². The quantitative estimate of drug-likeness (QED) is 0.773. The highest BCUT2D eigenvalue weighted by atomic mass is 35.5. The zero-order valence-electron chi connectivity index (χ0n) is 8.07. The Balaban J connectivity index is 2.16. The molecule has 1 aromatic rings. The second-order valence-electron chi connectivity index (χ2n) is 3.73. The van der Waals surface area contributed by atoms with Gasteiger partial charge in [0.25, 0.3) is 0 Å². The maximum atomic E-state index is 5.81. The second-order valence-corrected chi connectivity index (χ2v) is 4.08. The summed E-state index contributed by atoms with van der Waals surface area (Å²) in [5.74, 6) is 1.53. The fourth-order valence-corrected chi connectivity index (χ4v) is 1.57. The summed E-state index contributed by atoms with van der Waals surface area (Å²) in [4.78, 5) is 9.99. The van der Waals surface area contributed by atoms with Gasteiger partial charge in [0.2, 0.25) is 0 Å². The van der Waals surface area contributed by atoms with Gasteiger partial charge in [-0.1, -0.05) is 11.6 Å². The van der Waals surface area contributed by atoms with Gasteiger partial charge >= 0.3 is 0 Å². The van der Waals surface area contributed by atoms with Crippen LogP contribution in [-0.2, 0) is 0 Å². The Bertz CT molecular complexity index is 338. The maximum absolute atomic E-state index is 5.81. The number of hydrogen-bond acceptors (Lipinski definition) is 4. The highest BCUT2D eigenvalue weighted by Crippen LogP contribution is 2.32. The smallest absolute Gasteiger partial charge is 0.157 e. The molecular weight excluding hydrogens is 200 g/mol. The van der Waals surface area contributed by atoms with Crippen molar-refractivity contribution in [2.24, 2.45) is 5.92 Å². The zero-order valence-corrected chi connectivity index (χ0v) is 8.83. The van der Waals surface area contributed by atoms with Crippen LogP contribution in [0.25, 0.3) is 0 Å². The summed E-state index contributed by atoms with van der Waals surface area (Å²) in [6.07, 6.45) is 4.06.